The maximum absolute atomic E-state index is 9.24. The van der Waals surface area contributed by atoms with E-state index in [0.29, 0.717) is 6.42 Å². The van der Waals surface area contributed by atoms with E-state index < -0.39 is 5.60 Å². The first-order valence-corrected chi connectivity index (χ1v) is 4.15. The third kappa shape index (κ3) is 1.31. The Morgan fingerprint density at radius 1 is 1.46 bits per heavy atom. The maximum atomic E-state index is 9.24. The lowest BCUT2D eigenvalue weighted by Gasteiger charge is -2.23. The van der Waals surface area contributed by atoms with Gasteiger partial charge in [0.1, 0.15) is 6.21 Å². The van der Waals surface area contributed by atoms with Crippen LogP contribution in [0.4, 0.5) is 0 Å². The fourth-order valence-corrected chi connectivity index (χ4v) is 1.38. The minimum atomic E-state index is -0.693. The molecule has 2 rings (SSSR count). The molecule has 1 unspecified atom stereocenters. The van der Waals surface area contributed by atoms with Gasteiger partial charge in [-0.05, 0) is 0 Å². The van der Waals surface area contributed by atoms with Crippen LogP contribution in [0.5, 0.6) is 0 Å². The van der Waals surface area contributed by atoms with Crippen LogP contribution in [0, 0.1) is 0 Å². The van der Waals surface area contributed by atoms with Crippen LogP contribution < -0.4 is 0 Å². The summed E-state index contributed by atoms with van der Waals surface area (Å²) in [7, 11) is 0. The summed E-state index contributed by atoms with van der Waals surface area (Å²) in [6, 6.07) is 9.58. The number of hydrogen-bond acceptors (Lipinski definition) is 3. The van der Waals surface area contributed by atoms with E-state index in [-0.39, 0.29) is 6.61 Å². The van der Waals surface area contributed by atoms with Crippen molar-refractivity contribution in [1.82, 2.24) is 0 Å². The van der Waals surface area contributed by atoms with Crippen molar-refractivity contribution in [3.05, 3.63) is 35.9 Å². The molecular formula is C10H10NO2. The summed E-state index contributed by atoms with van der Waals surface area (Å²) in [6.07, 6.45) is 3.21. The van der Waals surface area contributed by atoms with E-state index >= 15 is 0 Å². The van der Waals surface area contributed by atoms with Crippen molar-refractivity contribution >= 4 is 6.21 Å². The quantitative estimate of drug-likeness (QED) is 0.734. The van der Waals surface area contributed by atoms with Crippen molar-refractivity contribution in [1.29, 1.82) is 0 Å². The lowest BCUT2D eigenvalue weighted by Crippen LogP contribution is -2.29. The fraction of sp³-hybridized carbons (Fsp3) is 0.300. The minimum Gasteiger partial charge on any atom is -0.392 e. The Morgan fingerprint density at radius 2 is 2.23 bits per heavy atom. The molecule has 3 heteroatoms. The van der Waals surface area contributed by atoms with Gasteiger partial charge in [-0.15, -0.1) is 0 Å². The molecule has 0 aliphatic carbocycles. The topological polar surface area (TPSA) is 41.8 Å². The molecule has 67 valence electrons. The first-order valence-electron chi connectivity index (χ1n) is 4.15. The number of benzene rings is 1. The van der Waals surface area contributed by atoms with Gasteiger partial charge in [-0.2, -0.15) is 0 Å². The Kier molecular flexibility index (Phi) is 2.02. The summed E-state index contributed by atoms with van der Waals surface area (Å²) < 4.78 is 0. The molecule has 1 heterocycles. The van der Waals surface area contributed by atoms with Crippen LogP contribution in [0.1, 0.15) is 12.0 Å². The van der Waals surface area contributed by atoms with Gasteiger partial charge in [0, 0.05) is 12.0 Å². The van der Waals surface area contributed by atoms with Crippen molar-refractivity contribution in [3.63, 3.8) is 0 Å². The zero-order valence-electron chi connectivity index (χ0n) is 7.10. The molecule has 1 aromatic carbocycles. The van der Waals surface area contributed by atoms with Gasteiger partial charge in [0.05, 0.1) is 6.61 Å². The molecule has 0 saturated heterocycles. The second-order valence-corrected chi connectivity index (χ2v) is 3.04. The zero-order chi connectivity index (χ0) is 9.15. The lowest BCUT2D eigenvalue weighted by atomic mass is 9.92. The van der Waals surface area contributed by atoms with E-state index in [2.05, 4.69) is 11.4 Å². The Balaban J connectivity index is 2.32. The molecule has 13 heavy (non-hydrogen) atoms. The maximum Gasteiger partial charge on any atom is 0.191 e. The third-order valence-electron chi connectivity index (χ3n) is 2.20. The van der Waals surface area contributed by atoms with Crippen LogP contribution in [-0.4, -0.2) is 17.9 Å². The normalized spacial score (nSPS) is 25.9. The molecule has 1 aliphatic heterocycles. The van der Waals surface area contributed by atoms with Crippen LogP contribution in [0.2, 0.25) is 0 Å². The summed E-state index contributed by atoms with van der Waals surface area (Å²) in [6.45, 7) is -0.0759. The predicted octanol–water partition coefficient (Wildman–Crippen LogP) is 1.16. The van der Waals surface area contributed by atoms with Gasteiger partial charge in [-0.25, -0.2) is 0 Å². The van der Waals surface area contributed by atoms with E-state index in [1.807, 2.05) is 30.3 Å². The molecule has 0 amide bonds. The molecule has 1 N–H and O–H groups in total. The molecule has 1 atom stereocenters. The predicted molar refractivity (Wildman–Crippen MR) is 48.3 cm³/mol. The van der Waals surface area contributed by atoms with Gasteiger partial charge in [-0.1, -0.05) is 35.5 Å². The van der Waals surface area contributed by atoms with Crippen LogP contribution >= 0.6 is 0 Å². The fourth-order valence-electron chi connectivity index (χ4n) is 1.38. The number of nitrogens with zero attached hydrogens (tertiary/aromatic N) is 1. The molecular weight excluding hydrogens is 166 g/mol. The van der Waals surface area contributed by atoms with Gasteiger partial charge in [0.2, 0.25) is 0 Å². The molecule has 1 aliphatic rings. The second kappa shape index (κ2) is 3.18. The number of aliphatic hydroxyl groups excluding tert-OH is 1. The SMILES string of the molecule is OCC1(c2ccccc2)C[C]=NO1. The summed E-state index contributed by atoms with van der Waals surface area (Å²) >= 11 is 0. The third-order valence-corrected chi connectivity index (χ3v) is 2.20. The summed E-state index contributed by atoms with van der Waals surface area (Å²) in [5.74, 6) is 0. The summed E-state index contributed by atoms with van der Waals surface area (Å²) in [5, 5.41) is 12.8. The minimum absolute atomic E-state index is 0.0759. The van der Waals surface area contributed by atoms with E-state index in [9.17, 15) is 5.11 Å². The monoisotopic (exact) mass is 176 g/mol. The molecule has 3 nitrogen and oxygen atoms in total. The summed E-state index contributed by atoms with van der Waals surface area (Å²) in [5.41, 5.74) is 0.243. The van der Waals surface area contributed by atoms with Crippen molar-refractivity contribution in [2.45, 2.75) is 12.0 Å². The Bertz CT molecular complexity index is 300. The summed E-state index contributed by atoms with van der Waals surface area (Å²) in [4.78, 5) is 5.14. The van der Waals surface area contributed by atoms with E-state index in [0.717, 1.165) is 5.56 Å². The largest absolute Gasteiger partial charge is 0.392 e. The van der Waals surface area contributed by atoms with Crippen molar-refractivity contribution in [3.8, 4) is 0 Å². The van der Waals surface area contributed by atoms with Gasteiger partial charge in [0.15, 0.2) is 5.60 Å². The zero-order valence-corrected chi connectivity index (χ0v) is 7.10. The number of aliphatic hydroxyl groups is 1. The van der Waals surface area contributed by atoms with Gasteiger partial charge in [0.25, 0.3) is 0 Å². The van der Waals surface area contributed by atoms with Gasteiger partial charge in [-0.3, -0.25) is 0 Å². The number of hydrogen-bond donors (Lipinski definition) is 1. The van der Waals surface area contributed by atoms with Crippen molar-refractivity contribution in [2.24, 2.45) is 5.16 Å². The van der Waals surface area contributed by atoms with Gasteiger partial charge >= 0.3 is 0 Å². The lowest BCUT2D eigenvalue weighted by molar-refractivity contribution is -0.0620. The highest BCUT2D eigenvalue weighted by Gasteiger charge is 2.36. The van der Waals surface area contributed by atoms with E-state index in [4.69, 9.17) is 4.84 Å². The first-order chi connectivity index (χ1) is 6.37. The highest BCUT2D eigenvalue weighted by molar-refractivity contribution is 5.61. The highest BCUT2D eigenvalue weighted by Crippen LogP contribution is 2.31. The molecule has 0 aromatic heterocycles. The average Bonchev–Trinajstić information content (AvgIpc) is 2.69. The van der Waals surface area contributed by atoms with Crippen LogP contribution in [0.25, 0.3) is 0 Å². The molecule has 0 saturated carbocycles. The van der Waals surface area contributed by atoms with Crippen LogP contribution in [-0.2, 0) is 10.4 Å². The van der Waals surface area contributed by atoms with Crippen LogP contribution in [0.15, 0.2) is 35.5 Å². The molecule has 0 bridgehead atoms. The van der Waals surface area contributed by atoms with Crippen molar-refractivity contribution < 1.29 is 9.94 Å². The first kappa shape index (κ1) is 8.26. The molecule has 1 radical (unpaired) electrons. The van der Waals surface area contributed by atoms with Gasteiger partial charge < -0.3 is 9.94 Å². The highest BCUT2D eigenvalue weighted by atomic mass is 16.7. The molecule has 0 spiro atoms. The molecule has 0 fully saturated rings. The Morgan fingerprint density at radius 3 is 2.77 bits per heavy atom. The molecule has 1 aromatic rings. The second-order valence-electron chi connectivity index (χ2n) is 3.04. The van der Waals surface area contributed by atoms with Crippen molar-refractivity contribution in [2.75, 3.05) is 6.61 Å². The smallest absolute Gasteiger partial charge is 0.191 e. The number of rotatable bonds is 2. The van der Waals surface area contributed by atoms with E-state index in [1.165, 1.54) is 0 Å². The average molecular weight is 176 g/mol. The van der Waals surface area contributed by atoms with E-state index in [1.54, 1.807) is 0 Å². The Hall–Kier alpha value is -1.35. The standard InChI is InChI=1S/C10H10NO2/c12-8-10(6-7-11-13-10)9-4-2-1-3-5-9/h1-5,12H,6,8H2. The Labute approximate surface area is 76.6 Å². The van der Waals surface area contributed by atoms with Crippen LogP contribution in [0.3, 0.4) is 0 Å².